The predicted molar refractivity (Wildman–Crippen MR) is 102 cm³/mol. The Morgan fingerprint density at radius 1 is 1.04 bits per heavy atom. The first-order valence-corrected chi connectivity index (χ1v) is 10.5. The van der Waals surface area contributed by atoms with Crippen LogP contribution in [0.2, 0.25) is 0 Å². The van der Waals surface area contributed by atoms with Gasteiger partial charge in [-0.3, -0.25) is 0 Å². The molecule has 2 atom stereocenters. The van der Waals surface area contributed by atoms with Crippen molar-refractivity contribution in [2.45, 2.75) is 34.6 Å². The van der Waals surface area contributed by atoms with Gasteiger partial charge in [0, 0.05) is 37.8 Å². The van der Waals surface area contributed by atoms with Gasteiger partial charge in [-0.2, -0.15) is 0 Å². The number of benzene rings is 2. The summed E-state index contributed by atoms with van der Waals surface area (Å²) in [4.78, 5) is 15.5. The molecule has 2 aromatic rings. The molecule has 4 rings (SSSR count). The number of sulfone groups is 1. The number of carboxylic acid groups (broad SMARTS) is 1. The standard InChI is InChI=1S/C20H22N2O4S/c1-21-18-8-7-15(27(25,26)14-5-3-2-4-6-14)13-17(18)16-9-11-22(20(23)24)12-10-19(16)21/h2-8,13,16,19H,9-12H2,1H3,(H,23,24). The Hall–Kier alpha value is -2.54. The summed E-state index contributed by atoms with van der Waals surface area (Å²) in [6.07, 6.45) is 0.546. The molecular weight excluding hydrogens is 364 g/mol. The van der Waals surface area contributed by atoms with Gasteiger partial charge in [0.2, 0.25) is 9.84 Å². The summed E-state index contributed by atoms with van der Waals surface area (Å²) in [5.74, 6) is 0.139. The van der Waals surface area contributed by atoms with Crippen molar-refractivity contribution in [2.75, 3.05) is 25.0 Å². The molecule has 6 nitrogen and oxygen atoms in total. The van der Waals surface area contributed by atoms with Gasteiger partial charge in [0.25, 0.3) is 0 Å². The fourth-order valence-electron chi connectivity index (χ4n) is 4.34. The predicted octanol–water partition coefficient (Wildman–Crippen LogP) is 3.20. The van der Waals surface area contributed by atoms with E-state index >= 15 is 0 Å². The lowest BCUT2D eigenvalue weighted by Crippen LogP contribution is -2.33. The maximum absolute atomic E-state index is 13.0. The van der Waals surface area contributed by atoms with Crippen molar-refractivity contribution in [3.63, 3.8) is 0 Å². The number of amides is 1. The zero-order valence-corrected chi connectivity index (χ0v) is 15.9. The minimum absolute atomic E-state index is 0.139. The van der Waals surface area contributed by atoms with E-state index in [4.69, 9.17) is 0 Å². The number of fused-ring (bicyclic) bond motifs is 3. The highest BCUT2D eigenvalue weighted by atomic mass is 32.2. The van der Waals surface area contributed by atoms with Gasteiger partial charge in [-0.15, -0.1) is 0 Å². The molecule has 2 aromatic carbocycles. The molecule has 0 saturated carbocycles. The van der Waals surface area contributed by atoms with Crippen molar-refractivity contribution in [3.05, 3.63) is 54.1 Å². The van der Waals surface area contributed by atoms with Crippen LogP contribution >= 0.6 is 0 Å². The van der Waals surface area contributed by atoms with Crippen LogP contribution in [0.4, 0.5) is 10.5 Å². The molecule has 1 saturated heterocycles. The third kappa shape index (κ3) is 2.96. The highest BCUT2D eigenvalue weighted by Crippen LogP contribution is 2.45. The lowest BCUT2D eigenvalue weighted by molar-refractivity contribution is 0.146. The molecule has 142 valence electrons. The fourth-order valence-corrected chi connectivity index (χ4v) is 5.66. The smallest absolute Gasteiger partial charge is 0.407 e. The zero-order valence-electron chi connectivity index (χ0n) is 15.1. The molecule has 0 spiro atoms. The molecule has 2 heterocycles. The number of hydrogen-bond donors (Lipinski definition) is 1. The maximum atomic E-state index is 13.0. The minimum Gasteiger partial charge on any atom is -0.465 e. The van der Waals surface area contributed by atoms with E-state index in [1.54, 1.807) is 42.5 Å². The number of carbonyl (C=O) groups is 1. The van der Waals surface area contributed by atoms with Crippen molar-refractivity contribution < 1.29 is 18.3 Å². The molecule has 2 aliphatic rings. The third-order valence-electron chi connectivity index (χ3n) is 5.78. The van der Waals surface area contributed by atoms with Gasteiger partial charge in [-0.05, 0) is 48.7 Å². The maximum Gasteiger partial charge on any atom is 0.407 e. The van der Waals surface area contributed by atoms with E-state index in [9.17, 15) is 18.3 Å². The Bertz CT molecular complexity index is 975. The van der Waals surface area contributed by atoms with E-state index in [1.807, 2.05) is 13.1 Å². The average Bonchev–Trinajstić information content (AvgIpc) is 2.82. The van der Waals surface area contributed by atoms with Gasteiger partial charge in [0.1, 0.15) is 0 Å². The molecule has 27 heavy (non-hydrogen) atoms. The molecule has 0 radical (unpaired) electrons. The van der Waals surface area contributed by atoms with Crippen molar-refractivity contribution >= 4 is 21.6 Å². The summed E-state index contributed by atoms with van der Waals surface area (Å²) in [5, 5.41) is 9.30. The Morgan fingerprint density at radius 2 is 1.74 bits per heavy atom. The summed E-state index contributed by atoms with van der Waals surface area (Å²) in [6.45, 7) is 0.976. The molecule has 2 unspecified atom stereocenters. The SMILES string of the molecule is CN1c2ccc(S(=O)(=O)c3ccccc3)cc2C2CCN(C(=O)O)CCC21. The van der Waals surface area contributed by atoms with Gasteiger partial charge in [-0.25, -0.2) is 13.2 Å². The summed E-state index contributed by atoms with van der Waals surface area (Å²) < 4.78 is 26.0. The van der Waals surface area contributed by atoms with E-state index in [1.165, 1.54) is 4.90 Å². The number of likely N-dealkylation sites (N-methyl/N-ethyl adjacent to an activating group) is 1. The largest absolute Gasteiger partial charge is 0.465 e. The molecule has 1 N–H and O–H groups in total. The van der Waals surface area contributed by atoms with Crippen LogP contribution in [0.5, 0.6) is 0 Å². The molecular formula is C20H22N2O4S. The minimum atomic E-state index is -3.57. The number of hydrogen-bond acceptors (Lipinski definition) is 4. The Balaban J connectivity index is 1.72. The Kier molecular flexibility index (Phi) is 4.34. The van der Waals surface area contributed by atoms with E-state index in [0.717, 1.165) is 17.7 Å². The molecule has 7 heteroatoms. The second-order valence-electron chi connectivity index (χ2n) is 7.17. The van der Waals surface area contributed by atoms with Gasteiger partial charge < -0.3 is 14.9 Å². The number of nitrogens with zero attached hydrogens (tertiary/aromatic N) is 2. The first-order valence-electron chi connectivity index (χ1n) is 9.04. The summed E-state index contributed by atoms with van der Waals surface area (Å²) in [6, 6.07) is 14.0. The highest BCUT2D eigenvalue weighted by Gasteiger charge is 2.39. The quantitative estimate of drug-likeness (QED) is 0.858. The fraction of sp³-hybridized carbons (Fsp3) is 0.350. The number of likely N-dealkylation sites (tertiary alicyclic amines) is 1. The zero-order chi connectivity index (χ0) is 19.2. The van der Waals surface area contributed by atoms with E-state index in [2.05, 4.69) is 4.90 Å². The first kappa shape index (κ1) is 17.9. The molecule has 0 bridgehead atoms. The molecule has 2 aliphatic heterocycles. The van der Waals surface area contributed by atoms with Gasteiger partial charge >= 0.3 is 6.09 Å². The van der Waals surface area contributed by atoms with Crippen LogP contribution in [-0.4, -0.2) is 50.7 Å². The van der Waals surface area contributed by atoms with Crippen LogP contribution in [0.15, 0.2) is 58.3 Å². The molecule has 0 aromatic heterocycles. The van der Waals surface area contributed by atoms with Crippen LogP contribution < -0.4 is 4.90 Å². The lowest BCUT2D eigenvalue weighted by atomic mass is 9.91. The second-order valence-corrected chi connectivity index (χ2v) is 9.12. The lowest BCUT2D eigenvalue weighted by Gasteiger charge is -2.25. The number of anilines is 1. The molecule has 1 fully saturated rings. The normalized spacial score (nSPS) is 22.1. The topological polar surface area (TPSA) is 77.9 Å². The van der Waals surface area contributed by atoms with Gasteiger partial charge in [0.05, 0.1) is 9.79 Å². The second kappa shape index (κ2) is 6.56. The van der Waals surface area contributed by atoms with Crippen molar-refractivity contribution in [3.8, 4) is 0 Å². The van der Waals surface area contributed by atoms with E-state index < -0.39 is 15.9 Å². The van der Waals surface area contributed by atoms with Gasteiger partial charge in [0.15, 0.2) is 0 Å². The molecule has 1 amide bonds. The Labute approximate surface area is 158 Å². The summed E-state index contributed by atoms with van der Waals surface area (Å²) in [5.41, 5.74) is 2.05. The number of rotatable bonds is 2. The van der Waals surface area contributed by atoms with Crippen molar-refractivity contribution in [1.82, 2.24) is 4.90 Å². The van der Waals surface area contributed by atoms with E-state index in [-0.39, 0.29) is 16.9 Å². The third-order valence-corrected chi connectivity index (χ3v) is 7.55. The van der Waals surface area contributed by atoms with Crippen LogP contribution in [0.3, 0.4) is 0 Å². The van der Waals surface area contributed by atoms with Crippen LogP contribution in [0.1, 0.15) is 24.3 Å². The van der Waals surface area contributed by atoms with Crippen molar-refractivity contribution in [1.29, 1.82) is 0 Å². The highest BCUT2D eigenvalue weighted by molar-refractivity contribution is 7.91. The van der Waals surface area contributed by atoms with Crippen LogP contribution in [0, 0.1) is 0 Å². The van der Waals surface area contributed by atoms with Gasteiger partial charge in [-0.1, -0.05) is 18.2 Å². The van der Waals surface area contributed by atoms with E-state index in [0.29, 0.717) is 24.4 Å². The molecule has 0 aliphatic carbocycles. The average molecular weight is 386 g/mol. The summed E-state index contributed by atoms with van der Waals surface area (Å²) in [7, 11) is -1.57. The van der Waals surface area contributed by atoms with Crippen molar-refractivity contribution in [2.24, 2.45) is 0 Å². The van der Waals surface area contributed by atoms with Crippen LogP contribution in [-0.2, 0) is 9.84 Å². The summed E-state index contributed by atoms with van der Waals surface area (Å²) >= 11 is 0. The van der Waals surface area contributed by atoms with Crippen LogP contribution in [0.25, 0.3) is 0 Å². The monoisotopic (exact) mass is 386 g/mol. The first-order chi connectivity index (χ1) is 12.9. The Morgan fingerprint density at radius 3 is 2.44 bits per heavy atom.